The van der Waals surface area contributed by atoms with Crippen molar-refractivity contribution in [2.45, 2.75) is 37.4 Å². The molecule has 0 saturated carbocycles. The number of carbonyl (C=O) groups is 1. The lowest BCUT2D eigenvalue weighted by Gasteiger charge is -2.34. The molecule has 5 rings (SSSR count). The highest BCUT2D eigenvalue weighted by atomic mass is 32.2. The molecule has 34 heavy (non-hydrogen) atoms. The van der Waals surface area contributed by atoms with Gasteiger partial charge in [0.25, 0.3) is 0 Å². The number of aromatic nitrogens is 2. The minimum atomic E-state index is -3.62. The molecule has 1 aromatic heterocycles. The Hall–Kier alpha value is -3.34. The summed E-state index contributed by atoms with van der Waals surface area (Å²) in [5, 5.41) is 6.03. The number of hydrogen-bond donors (Lipinski definition) is 2. The van der Waals surface area contributed by atoms with Crippen molar-refractivity contribution in [3.63, 3.8) is 0 Å². The van der Waals surface area contributed by atoms with Crippen LogP contribution in [0.3, 0.4) is 0 Å². The third kappa shape index (κ3) is 4.39. The van der Waals surface area contributed by atoms with E-state index in [1.807, 2.05) is 38.1 Å². The van der Waals surface area contributed by atoms with E-state index in [0.717, 1.165) is 11.1 Å². The molecule has 3 heterocycles. The zero-order valence-corrected chi connectivity index (χ0v) is 19.7. The molecule has 0 bridgehead atoms. The first-order chi connectivity index (χ1) is 16.3. The van der Waals surface area contributed by atoms with E-state index < -0.39 is 10.0 Å². The standard InChI is InChI=1S/C24H25N5O4S/c1-15-13-29(14-16(2)33-15)34(31,32)19-9-7-18(8-10-19)26-24-25-12-17-11-22(30)27-21-6-4-3-5-20(21)23(17)28-24/h3-10,12,15-16H,11,13-14H2,1-2H3,(H,27,30)(H,25,26,28)/t15-,16+. The molecule has 3 aromatic rings. The number of ether oxygens (including phenoxy) is 1. The Morgan fingerprint density at radius 3 is 2.50 bits per heavy atom. The average molecular weight is 480 g/mol. The van der Waals surface area contributed by atoms with Crippen LogP contribution >= 0.6 is 0 Å². The van der Waals surface area contributed by atoms with Crippen molar-refractivity contribution in [2.75, 3.05) is 23.7 Å². The molecular formula is C24H25N5O4S. The van der Waals surface area contributed by atoms with Crippen LogP contribution in [0.4, 0.5) is 17.3 Å². The smallest absolute Gasteiger partial charge is 0.243 e. The van der Waals surface area contributed by atoms with Gasteiger partial charge in [-0.2, -0.15) is 4.31 Å². The van der Waals surface area contributed by atoms with Gasteiger partial charge in [-0.3, -0.25) is 4.79 Å². The second kappa shape index (κ2) is 8.79. The van der Waals surface area contributed by atoms with Crippen molar-refractivity contribution in [1.82, 2.24) is 14.3 Å². The van der Waals surface area contributed by atoms with Crippen LogP contribution < -0.4 is 10.6 Å². The van der Waals surface area contributed by atoms with E-state index >= 15 is 0 Å². The summed E-state index contributed by atoms with van der Waals surface area (Å²) < 4.78 is 33.3. The Kier molecular flexibility index (Phi) is 5.80. The summed E-state index contributed by atoms with van der Waals surface area (Å²) in [5.74, 6) is 0.241. The maximum atomic E-state index is 13.1. The fraction of sp³-hybridized carbons (Fsp3) is 0.292. The maximum absolute atomic E-state index is 13.1. The molecule has 9 nitrogen and oxygen atoms in total. The molecule has 1 saturated heterocycles. The van der Waals surface area contributed by atoms with Crippen LogP contribution in [0.25, 0.3) is 11.3 Å². The second-order valence-electron chi connectivity index (χ2n) is 8.57. The first kappa shape index (κ1) is 22.5. The molecule has 0 radical (unpaired) electrons. The fourth-order valence-corrected chi connectivity index (χ4v) is 5.90. The van der Waals surface area contributed by atoms with E-state index in [1.54, 1.807) is 30.5 Å². The van der Waals surface area contributed by atoms with Gasteiger partial charge in [-0.05, 0) is 44.2 Å². The lowest BCUT2D eigenvalue weighted by molar-refractivity contribution is -0.115. The van der Waals surface area contributed by atoms with E-state index in [0.29, 0.717) is 36.1 Å². The summed E-state index contributed by atoms with van der Waals surface area (Å²) in [7, 11) is -3.62. The molecule has 2 N–H and O–H groups in total. The summed E-state index contributed by atoms with van der Waals surface area (Å²) >= 11 is 0. The number of para-hydroxylation sites is 1. The maximum Gasteiger partial charge on any atom is 0.243 e. The van der Waals surface area contributed by atoms with Gasteiger partial charge in [-0.1, -0.05) is 18.2 Å². The molecule has 1 fully saturated rings. The van der Waals surface area contributed by atoms with Crippen LogP contribution in [0.5, 0.6) is 0 Å². The lowest BCUT2D eigenvalue weighted by atomic mass is 10.1. The Bertz CT molecular complexity index is 1330. The number of carbonyl (C=O) groups excluding carboxylic acids is 1. The molecule has 2 aliphatic rings. The lowest BCUT2D eigenvalue weighted by Crippen LogP contribution is -2.48. The molecule has 0 aliphatic carbocycles. The van der Waals surface area contributed by atoms with E-state index in [-0.39, 0.29) is 29.4 Å². The third-order valence-corrected chi connectivity index (χ3v) is 7.65. The Morgan fingerprint density at radius 1 is 1.06 bits per heavy atom. The molecule has 2 aliphatic heterocycles. The highest BCUT2D eigenvalue weighted by Gasteiger charge is 2.32. The number of benzene rings is 2. The van der Waals surface area contributed by atoms with Gasteiger partial charge in [0.15, 0.2) is 0 Å². The first-order valence-electron chi connectivity index (χ1n) is 11.1. The van der Waals surface area contributed by atoms with Gasteiger partial charge in [0.05, 0.1) is 34.9 Å². The summed E-state index contributed by atoms with van der Waals surface area (Å²) in [6.07, 6.45) is 1.53. The predicted molar refractivity (Wildman–Crippen MR) is 128 cm³/mol. The van der Waals surface area contributed by atoms with Crippen molar-refractivity contribution in [3.05, 3.63) is 60.3 Å². The normalized spacial score (nSPS) is 20.6. The number of anilines is 3. The van der Waals surface area contributed by atoms with Gasteiger partial charge in [0.2, 0.25) is 21.9 Å². The number of sulfonamides is 1. The minimum Gasteiger partial charge on any atom is -0.373 e. The molecule has 0 spiro atoms. The molecule has 1 amide bonds. The van der Waals surface area contributed by atoms with Gasteiger partial charge in [0, 0.05) is 36.1 Å². The zero-order valence-electron chi connectivity index (χ0n) is 18.9. The monoisotopic (exact) mass is 479 g/mol. The van der Waals surface area contributed by atoms with Crippen molar-refractivity contribution in [3.8, 4) is 11.3 Å². The van der Waals surface area contributed by atoms with Crippen molar-refractivity contribution in [2.24, 2.45) is 0 Å². The SMILES string of the molecule is C[C@@H]1CN(S(=O)(=O)c2ccc(Nc3ncc4c(n3)-c3ccccc3NC(=O)C4)cc2)C[C@H](C)O1. The van der Waals surface area contributed by atoms with Crippen LogP contribution in [0.2, 0.25) is 0 Å². The summed E-state index contributed by atoms with van der Waals surface area (Å²) in [6.45, 7) is 4.40. The molecular weight excluding hydrogens is 454 g/mol. The van der Waals surface area contributed by atoms with Gasteiger partial charge in [-0.25, -0.2) is 18.4 Å². The number of amides is 1. The molecule has 176 valence electrons. The average Bonchev–Trinajstić information content (AvgIpc) is 2.94. The highest BCUT2D eigenvalue weighted by molar-refractivity contribution is 7.89. The summed E-state index contributed by atoms with van der Waals surface area (Å²) in [5.41, 5.74) is 3.60. The minimum absolute atomic E-state index is 0.114. The van der Waals surface area contributed by atoms with E-state index in [9.17, 15) is 13.2 Å². The van der Waals surface area contributed by atoms with Crippen LogP contribution in [0.1, 0.15) is 19.4 Å². The van der Waals surface area contributed by atoms with Gasteiger partial charge in [-0.15, -0.1) is 0 Å². The van der Waals surface area contributed by atoms with Gasteiger partial charge < -0.3 is 15.4 Å². The van der Waals surface area contributed by atoms with Crippen LogP contribution in [0.15, 0.2) is 59.6 Å². The topological polar surface area (TPSA) is 114 Å². The number of nitrogens with zero attached hydrogens (tertiary/aromatic N) is 3. The van der Waals surface area contributed by atoms with Crippen molar-refractivity contribution >= 4 is 33.3 Å². The number of nitrogens with one attached hydrogen (secondary N) is 2. The Balaban J connectivity index is 1.39. The first-order valence-corrected chi connectivity index (χ1v) is 12.5. The van der Waals surface area contributed by atoms with Gasteiger partial charge in [0.1, 0.15) is 0 Å². The number of rotatable bonds is 4. The van der Waals surface area contributed by atoms with Crippen molar-refractivity contribution < 1.29 is 17.9 Å². The molecule has 2 atom stereocenters. The summed E-state index contributed by atoms with van der Waals surface area (Å²) in [6, 6.07) is 14.0. The highest BCUT2D eigenvalue weighted by Crippen LogP contribution is 2.33. The quantitative estimate of drug-likeness (QED) is 0.591. The Morgan fingerprint density at radius 2 is 1.76 bits per heavy atom. The van der Waals surface area contributed by atoms with Crippen LogP contribution in [-0.2, 0) is 26.0 Å². The molecule has 0 unspecified atom stereocenters. The number of hydrogen-bond acceptors (Lipinski definition) is 7. The Labute approximate surface area is 198 Å². The number of morpholine rings is 1. The second-order valence-corrected chi connectivity index (χ2v) is 10.5. The van der Waals surface area contributed by atoms with E-state index in [2.05, 4.69) is 20.6 Å². The van der Waals surface area contributed by atoms with Crippen molar-refractivity contribution in [1.29, 1.82) is 0 Å². The molecule has 10 heteroatoms. The van der Waals surface area contributed by atoms with E-state index in [1.165, 1.54) is 4.31 Å². The molecule has 2 aromatic carbocycles. The van der Waals surface area contributed by atoms with Crippen LogP contribution in [0, 0.1) is 0 Å². The fourth-order valence-electron chi connectivity index (χ4n) is 4.31. The predicted octanol–water partition coefficient (Wildman–Crippen LogP) is 3.18. The third-order valence-electron chi connectivity index (χ3n) is 5.81. The van der Waals surface area contributed by atoms with Crippen LogP contribution in [-0.4, -0.2) is 53.9 Å². The summed E-state index contributed by atoms with van der Waals surface area (Å²) in [4.78, 5) is 21.4. The van der Waals surface area contributed by atoms with E-state index in [4.69, 9.17) is 4.74 Å². The van der Waals surface area contributed by atoms with Gasteiger partial charge >= 0.3 is 0 Å². The largest absolute Gasteiger partial charge is 0.373 e. The zero-order chi connectivity index (χ0) is 23.9. The number of fused-ring (bicyclic) bond motifs is 3.